The molecule has 0 radical (unpaired) electrons. The van der Waals surface area contributed by atoms with Crippen molar-refractivity contribution in [2.45, 2.75) is 6.18 Å². The molecular formula is C21H11Cl2F5N4O. The van der Waals surface area contributed by atoms with Crippen LogP contribution in [0, 0.1) is 11.6 Å². The first-order valence-electron chi connectivity index (χ1n) is 9.11. The number of nitrogens with zero attached hydrogens (tertiary/aromatic N) is 1. The summed E-state index contributed by atoms with van der Waals surface area (Å²) < 4.78 is 66.8. The van der Waals surface area contributed by atoms with Gasteiger partial charge >= 0.3 is 6.18 Å². The number of hydrogen-bond donors (Lipinski definition) is 3. The number of amides is 1. The molecule has 1 amide bonds. The fourth-order valence-electron chi connectivity index (χ4n) is 2.96. The predicted molar refractivity (Wildman–Crippen MR) is 115 cm³/mol. The minimum absolute atomic E-state index is 0.00719. The second-order valence-corrected chi connectivity index (χ2v) is 7.62. The summed E-state index contributed by atoms with van der Waals surface area (Å²) in [6.45, 7) is 0. The molecule has 0 atom stereocenters. The molecule has 3 aromatic carbocycles. The van der Waals surface area contributed by atoms with Crippen LogP contribution in [0.1, 0.15) is 15.9 Å². The van der Waals surface area contributed by atoms with Gasteiger partial charge in [-0.15, -0.1) is 0 Å². The van der Waals surface area contributed by atoms with Crippen LogP contribution in [0.4, 0.5) is 39.3 Å². The van der Waals surface area contributed by atoms with Crippen molar-refractivity contribution in [3.63, 3.8) is 0 Å². The molecule has 0 bridgehead atoms. The third-order valence-electron chi connectivity index (χ3n) is 4.57. The van der Waals surface area contributed by atoms with Crippen LogP contribution < -0.4 is 10.6 Å². The van der Waals surface area contributed by atoms with Crippen LogP contribution in [0.3, 0.4) is 0 Å². The number of benzene rings is 3. The van der Waals surface area contributed by atoms with Crippen molar-refractivity contribution in [2.24, 2.45) is 0 Å². The molecule has 5 nitrogen and oxygen atoms in total. The fraction of sp³-hybridized carbons (Fsp3) is 0.0476. The lowest BCUT2D eigenvalue weighted by atomic mass is 10.1. The summed E-state index contributed by atoms with van der Waals surface area (Å²) in [5.74, 6) is -2.61. The molecule has 1 heterocycles. The number of alkyl halides is 3. The summed E-state index contributed by atoms with van der Waals surface area (Å²) in [6.07, 6.45) is -4.52. The number of anilines is 3. The molecule has 0 saturated heterocycles. The zero-order valence-corrected chi connectivity index (χ0v) is 17.6. The maximum absolute atomic E-state index is 14.5. The van der Waals surface area contributed by atoms with Crippen molar-refractivity contribution in [1.82, 2.24) is 9.97 Å². The van der Waals surface area contributed by atoms with Gasteiger partial charge in [0.05, 0.1) is 37.9 Å². The Bertz CT molecular complexity index is 1370. The number of hydrogen-bond acceptors (Lipinski definition) is 3. The molecule has 170 valence electrons. The van der Waals surface area contributed by atoms with Gasteiger partial charge in [-0.25, -0.2) is 13.8 Å². The predicted octanol–water partition coefficient (Wildman–Crippen LogP) is 7.16. The van der Waals surface area contributed by atoms with Gasteiger partial charge in [-0.3, -0.25) is 4.79 Å². The van der Waals surface area contributed by atoms with Gasteiger partial charge < -0.3 is 15.6 Å². The number of carbonyl (C=O) groups is 1. The second kappa shape index (κ2) is 8.53. The Hall–Kier alpha value is -3.37. The van der Waals surface area contributed by atoms with E-state index < -0.39 is 34.8 Å². The number of nitrogens with one attached hydrogen (secondary N) is 3. The van der Waals surface area contributed by atoms with Crippen molar-refractivity contribution in [3.05, 3.63) is 81.3 Å². The molecule has 0 aliphatic heterocycles. The lowest BCUT2D eigenvalue weighted by molar-refractivity contribution is -0.137. The monoisotopic (exact) mass is 500 g/mol. The lowest BCUT2D eigenvalue weighted by Crippen LogP contribution is -2.14. The van der Waals surface area contributed by atoms with Crippen LogP contribution in [0.25, 0.3) is 11.0 Å². The van der Waals surface area contributed by atoms with Crippen LogP contribution in [0.2, 0.25) is 10.0 Å². The lowest BCUT2D eigenvalue weighted by Gasteiger charge is -2.09. The highest BCUT2D eigenvalue weighted by Gasteiger charge is 2.30. The molecule has 0 aliphatic carbocycles. The quantitative estimate of drug-likeness (QED) is 0.205. The molecule has 0 fully saturated rings. The van der Waals surface area contributed by atoms with E-state index in [4.69, 9.17) is 23.2 Å². The van der Waals surface area contributed by atoms with Crippen molar-refractivity contribution in [3.8, 4) is 0 Å². The molecule has 4 aromatic rings. The van der Waals surface area contributed by atoms with Gasteiger partial charge in [-0.2, -0.15) is 13.2 Å². The number of aromatic nitrogens is 2. The molecule has 1 aromatic heterocycles. The van der Waals surface area contributed by atoms with E-state index in [2.05, 4.69) is 20.6 Å². The third kappa shape index (κ3) is 4.71. The number of carbonyl (C=O) groups excluding carboxylic acids is 1. The normalized spacial score (nSPS) is 11.6. The highest BCUT2D eigenvalue weighted by molar-refractivity contribution is 6.35. The average molecular weight is 501 g/mol. The van der Waals surface area contributed by atoms with E-state index in [1.165, 1.54) is 12.1 Å². The van der Waals surface area contributed by atoms with Crippen LogP contribution in [0.5, 0.6) is 0 Å². The number of fused-ring (bicyclic) bond motifs is 1. The van der Waals surface area contributed by atoms with Gasteiger partial charge in [0.2, 0.25) is 5.95 Å². The Labute approximate surface area is 192 Å². The van der Waals surface area contributed by atoms with Gasteiger partial charge in [-0.05, 0) is 42.5 Å². The molecule has 4 rings (SSSR count). The van der Waals surface area contributed by atoms with E-state index in [1.807, 2.05) is 0 Å². The maximum atomic E-state index is 14.5. The van der Waals surface area contributed by atoms with Crippen LogP contribution in [-0.2, 0) is 6.18 Å². The van der Waals surface area contributed by atoms with E-state index >= 15 is 0 Å². The first-order chi connectivity index (χ1) is 15.5. The van der Waals surface area contributed by atoms with Crippen LogP contribution >= 0.6 is 23.2 Å². The van der Waals surface area contributed by atoms with E-state index in [1.54, 1.807) is 0 Å². The number of H-pyrrole nitrogens is 1. The SMILES string of the molecule is O=C(Nc1ccc(C(F)(F)F)cc1)c1cc2nc(Nc3c(Cl)ccc(Cl)c3F)[nH]c2cc1F. The summed E-state index contributed by atoms with van der Waals surface area (Å²) >= 11 is 11.7. The molecule has 12 heteroatoms. The minimum atomic E-state index is -4.52. The van der Waals surface area contributed by atoms with Crippen molar-refractivity contribution in [2.75, 3.05) is 10.6 Å². The Balaban J connectivity index is 1.59. The minimum Gasteiger partial charge on any atom is -0.324 e. The van der Waals surface area contributed by atoms with Crippen LogP contribution in [-0.4, -0.2) is 15.9 Å². The van der Waals surface area contributed by atoms with E-state index in [0.29, 0.717) is 0 Å². The fourth-order valence-corrected chi connectivity index (χ4v) is 3.32. The van der Waals surface area contributed by atoms with Gasteiger partial charge in [0.15, 0.2) is 5.82 Å². The number of rotatable bonds is 4. The largest absolute Gasteiger partial charge is 0.416 e. The summed E-state index contributed by atoms with van der Waals surface area (Å²) in [4.78, 5) is 19.3. The first-order valence-corrected chi connectivity index (χ1v) is 9.87. The van der Waals surface area contributed by atoms with Gasteiger partial charge in [-0.1, -0.05) is 23.2 Å². The Kier molecular flexibility index (Phi) is 5.89. The molecule has 0 spiro atoms. The summed E-state index contributed by atoms with van der Waals surface area (Å²) in [6, 6.07) is 8.49. The number of imidazole rings is 1. The van der Waals surface area contributed by atoms with Gasteiger partial charge in [0, 0.05) is 11.8 Å². The van der Waals surface area contributed by atoms with E-state index in [0.717, 1.165) is 36.4 Å². The van der Waals surface area contributed by atoms with Crippen LogP contribution in [0.15, 0.2) is 48.5 Å². The third-order valence-corrected chi connectivity index (χ3v) is 5.18. The topological polar surface area (TPSA) is 69.8 Å². The first kappa shape index (κ1) is 22.8. The molecule has 0 aliphatic rings. The zero-order valence-electron chi connectivity index (χ0n) is 16.1. The maximum Gasteiger partial charge on any atom is 0.416 e. The van der Waals surface area contributed by atoms with Gasteiger partial charge in [0.25, 0.3) is 5.91 Å². The summed E-state index contributed by atoms with van der Waals surface area (Å²) in [5, 5.41) is 4.80. The summed E-state index contributed by atoms with van der Waals surface area (Å²) in [7, 11) is 0. The Morgan fingerprint density at radius 2 is 1.64 bits per heavy atom. The Morgan fingerprint density at radius 3 is 2.30 bits per heavy atom. The average Bonchev–Trinajstić information content (AvgIpc) is 3.14. The molecule has 0 unspecified atom stereocenters. The standard InChI is InChI=1S/C21H11Cl2F5N4O/c22-12-5-6-13(23)18(17(12)25)32-20-30-15-7-11(14(24)8-16(15)31-20)19(33)29-10-3-1-9(2-4-10)21(26,27)28/h1-8H,(H,29,33)(H2,30,31,32). The zero-order chi connectivity index (χ0) is 23.9. The summed E-state index contributed by atoms with van der Waals surface area (Å²) in [5.41, 5.74) is -1.03. The highest BCUT2D eigenvalue weighted by Crippen LogP contribution is 2.33. The van der Waals surface area contributed by atoms with E-state index in [9.17, 15) is 26.7 Å². The van der Waals surface area contributed by atoms with Gasteiger partial charge in [0.1, 0.15) is 5.82 Å². The van der Waals surface area contributed by atoms with Crippen molar-refractivity contribution in [1.29, 1.82) is 0 Å². The van der Waals surface area contributed by atoms with Crippen molar-refractivity contribution < 1.29 is 26.7 Å². The smallest absolute Gasteiger partial charge is 0.324 e. The molecule has 3 N–H and O–H groups in total. The number of aromatic amines is 1. The van der Waals surface area contributed by atoms with E-state index in [-0.39, 0.29) is 38.4 Å². The second-order valence-electron chi connectivity index (χ2n) is 6.81. The van der Waals surface area contributed by atoms with Crippen molar-refractivity contribution >= 4 is 57.5 Å². The number of halogens is 7. The molecule has 33 heavy (non-hydrogen) atoms. The highest BCUT2D eigenvalue weighted by atomic mass is 35.5. The molecular weight excluding hydrogens is 490 g/mol. The molecule has 0 saturated carbocycles. The Morgan fingerprint density at radius 1 is 0.970 bits per heavy atom.